The van der Waals surface area contributed by atoms with E-state index in [0.29, 0.717) is 32.6 Å². The SMILES string of the molecule is CN1Cc2ccccc2C[C@H]1C(=O)N1CCCN(S(C)(=O)=O)CC1. The van der Waals surface area contributed by atoms with Gasteiger partial charge in [-0.2, -0.15) is 0 Å². The molecular formula is C17H25N3O3S. The molecule has 0 aliphatic carbocycles. The molecule has 132 valence electrons. The lowest BCUT2D eigenvalue weighted by Gasteiger charge is -2.36. The first kappa shape index (κ1) is 17.4. The first-order valence-corrected chi connectivity index (χ1v) is 10.2. The zero-order valence-corrected chi connectivity index (χ0v) is 15.1. The number of benzene rings is 1. The minimum absolute atomic E-state index is 0.113. The van der Waals surface area contributed by atoms with Crippen LogP contribution in [0.4, 0.5) is 0 Å². The summed E-state index contributed by atoms with van der Waals surface area (Å²) >= 11 is 0. The summed E-state index contributed by atoms with van der Waals surface area (Å²) in [5.74, 6) is 0.113. The zero-order valence-electron chi connectivity index (χ0n) is 14.3. The Morgan fingerprint density at radius 3 is 2.50 bits per heavy atom. The number of hydrogen-bond donors (Lipinski definition) is 0. The topological polar surface area (TPSA) is 60.9 Å². The summed E-state index contributed by atoms with van der Waals surface area (Å²) in [5, 5.41) is 0. The highest BCUT2D eigenvalue weighted by Gasteiger charge is 2.33. The van der Waals surface area contributed by atoms with Gasteiger partial charge in [-0.05, 0) is 31.0 Å². The van der Waals surface area contributed by atoms with E-state index in [1.165, 1.54) is 21.7 Å². The van der Waals surface area contributed by atoms with Crippen LogP contribution in [-0.2, 0) is 27.8 Å². The molecule has 1 fully saturated rings. The Labute approximate surface area is 144 Å². The Bertz CT molecular complexity index is 720. The van der Waals surface area contributed by atoms with Gasteiger partial charge in [0, 0.05) is 32.7 Å². The average Bonchev–Trinajstić information content (AvgIpc) is 2.79. The fraction of sp³-hybridized carbons (Fsp3) is 0.588. The van der Waals surface area contributed by atoms with Crippen molar-refractivity contribution in [3.63, 3.8) is 0 Å². The maximum atomic E-state index is 13.0. The van der Waals surface area contributed by atoms with Crippen LogP contribution in [0.2, 0.25) is 0 Å². The molecule has 1 aromatic rings. The van der Waals surface area contributed by atoms with E-state index in [2.05, 4.69) is 17.0 Å². The zero-order chi connectivity index (χ0) is 17.3. The molecule has 7 heteroatoms. The molecule has 1 amide bonds. The largest absolute Gasteiger partial charge is 0.340 e. The summed E-state index contributed by atoms with van der Waals surface area (Å²) in [6, 6.07) is 8.09. The number of carbonyl (C=O) groups excluding carboxylic acids is 1. The minimum atomic E-state index is -3.19. The number of rotatable bonds is 2. The summed E-state index contributed by atoms with van der Waals surface area (Å²) in [4.78, 5) is 16.9. The molecule has 24 heavy (non-hydrogen) atoms. The lowest BCUT2D eigenvalue weighted by Crippen LogP contribution is -2.51. The molecule has 1 aromatic carbocycles. The Kier molecular flexibility index (Phi) is 4.94. The van der Waals surface area contributed by atoms with E-state index in [9.17, 15) is 13.2 Å². The molecule has 1 saturated heterocycles. The van der Waals surface area contributed by atoms with Gasteiger partial charge < -0.3 is 4.90 Å². The van der Waals surface area contributed by atoms with E-state index in [1.807, 2.05) is 24.1 Å². The molecule has 2 aliphatic heterocycles. The first-order valence-electron chi connectivity index (χ1n) is 8.37. The predicted octanol–water partition coefficient (Wildman–Crippen LogP) is 0.537. The molecule has 2 aliphatic rings. The highest BCUT2D eigenvalue weighted by Crippen LogP contribution is 2.23. The molecule has 3 rings (SSSR count). The Balaban J connectivity index is 1.70. The van der Waals surface area contributed by atoms with E-state index in [4.69, 9.17) is 0 Å². The van der Waals surface area contributed by atoms with Crippen LogP contribution in [0, 0.1) is 0 Å². The minimum Gasteiger partial charge on any atom is -0.340 e. The first-order chi connectivity index (χ1) is 11.4. The molecule has 0 N–H and O–H groups in total. The van der Waals surface area contributed by atoms with Gasteiger partial charge in [-0.3, -0.25) is 9.69 Å². The summed E-state index contributed by atoms with van der Waals surface area (Å²) < 4.78 is 24.9. The Hall–Kier alpha value is -1.44. The van der Waals surface area contributed by atoms with Crippen molar-refractivity contribution in [2.45, 2.75) is 25.4 Å². The average molecular weight is 351 g/mol. The van der Waals surface area contributed by atoms with Crippen LogP contribution in [-0.4, -0.2) is 74.0 Å². The van der Waals surface area contributed by atoms with Crippen LogP contribution in [0.5, 0.6) is 0 Å². The highest BCUT2D eigenvalue weighted by atomic mass is 32.2. The smallest absolute Gasteiger partial charge is 0.240 e. The number of amides is 1. The standard InChI is InChI=1S/C17H25N3O3S/c1-18-13-15-7-4-3-6-14(15)12-16(18)17(21)19-8-5-9-20(11-10-19)24(2,22)23/h3-4,6-7,16H,5,8-13H2,1-2H3/t16-/m0/s1. The van der Waals surface area contributed by atoms with E-state index in [1.54, 1.807) is 0 Å². The second kappa shape index (κ2) is 6.82. The molecule has 0 spiro atoms. The van der Waals surface area contributed by atoms with Crippen molar-refractivity contribution in [3.05, 3.63) is 35.4 Å². The van der Waals surface area contributed by atoms with Gasteiger partial charge in [0.15, 0.2) is 0 Å². The lowest BCUT2D eigenvalue weighted by molar-refractivity contribution is -0.136. The molecule has 1 atom stereocenters. The maximum absolute atomic E-state index is 13.0. The second-order valence-corrected chi connectivity index (χ2v) is 8.73. The van der Waals surface area contributed by atoms with Crippen LogP contribution < -0.4 is 0 Å². The molecule has 0 unspecified atom stereocenters. The molecular weight excluding hydrogens is 326 g/mol. The van der Waals surface area contributed by atoms with E-state index in [-0.39, 0.29) is 11.9 Å². The lowest BCUT2D eigenvalue weighted by atomic mass is 9.93. The van der Waals surface area contributed by atoms with Crippen LogP contribution in [0.25, 0.3) is 0 Å². The number of carbonyl (C=O) groups is 1. The number of fused-ring (bicyclic) bond motifs is 1. The van der Waals surface area contributed by atoms with Crippen molar-refractivity contribution in [1.82, 2.24) is 14.1 Å². The van der Waals surface area contributed by atoms with Gasteiger partial charge in [0.25, 0.3) is 0 Å². The molecule has 0 aromatic heterocycles. The van der Waals surface area contributed by atoms with Gasteiger partial charge in [0.2, 0.25) is 15.9 Å². The van der Waals surface area contributed by atoms with E-state index in [0.717, 1.165) is 13.0 Å². The van der Waals surface area contributed by atoms with Gasteiger partial charge >= 0.3 is 0 Å². The summed E-state index contributed by atoms with van der Waals surface area (Å²) in [7, 11) is -1.20. The van der Waals surface area contributed by atoms with Crippen molar-refractivity contribution in [2.24, 2.45) is 0 Å². The molecule has 6 nitrogen and oxygen atoms in total. The van der Waals surface area contributed by atoms with E-state index >= 15 is 0 Å². The third-order valence-corrected chi connectivity index (χ3v) is 6.31. The van der Waals surface area contributed by atoms with Crippen molar-refractivity contribution >= 4 is 15.9 Å². The molecule has 0 bridgehead atoms. The van der Waals surface area contributed by atoms with E-state index < -0.39 is 10.0 Å². The summed E-state index contributed by atoms with van der Waals surface area (Å²) in [6.45, 7) is 2.74. The Morgan fingerprint density at radius 1 is 1.08 bits per heavy atom. The molecule has 0 saturated carbocycles. The number of likely N-dealkylation sites (N-methyl/N-ethyl adjacent to an activating group) is 1. The van der Waals surface area contributed by atoms with Gasteiger partial charge in [-0.25, -0.2) is 12.7 Å². The van der Waals surface area contributed by atoms with Gasteiger partial charge in [0.05, 0.1) is 12.3 Å². The van der Waals surface area contributed by atoms with Crippen LogP contribution in [0.15, 0.2) is 24.3 Å². The summed E-state index contributed by atoms with van der Waals surface area (Å²) in [6.07, 6.45) is 2.64. The highest BCUT2D eigenvalue weighted by molar-refractivity contribution is 7.88. The van der Waals surface area contributed by atoms with Crippen LogP contribution in [0.1, 0.15) is 17.5 Å². The Morgan fingerprint density at radius 2 is 1.79 bits per heavy atom. The fourth-order valence-electron chi connectivity index (χ4n) is 3.59. The number of sulfonamides is 1. The van der Waals surface area contributed by atoms with Crippen molar-refractivity contribution in [1.29, 1.82) is 0 Å². The predicted molar refractivity (Wildman–Crippen MR) is 93.0 cm³/mol. The summed E-state index contributed by atoms with van der Waals surface area (Å²) in [5.41, 5.74) is 2.52. The molecule has 0 radical (unpaired) electrons. The van der Waals surface area contributed by atoms with Gasteiger partial charge in [-0.15, -0.1) is 0 Å². The van der Waals surface area contributed by atoms with Crippen molar-refractivity contribution < 1.29 is 13.2 Å². The quantitative estimate of drug-likeness (QED) is 0.780. The third kappa shape index (κ3) is 3.63. The van der Waals surface area contributed by atoms with Gasteiger partial charge in [-0.1, -0.05) is 24.3 Å². The number of hydrogen-bond acceptors (Lipinski definition) is 4. The second-order valence-electron chi connectivity index (χ2n) is 6.74. The molecule has 2 heterocycles. The third-order valence-electron chi connectivity index (χ3n) is 5.00. The fourth-order valence-corrected chi connectivity index (χ4v) is 4.46. The van der Waals surface area contributed by atoms with Crippen molar-refractivity contribution in [3.8, 4) is 0 Å². The van der Waals surface area contributed by atoms with Crippen molar-refractivity contribution in [2.75, 3.05) is 39.5 Å². The van der Waals surface area contributed by atoms with Gasteiger partial charge in [0.1, 0.15) is 0 Å². The normalized spacial score (nSPS) is 23.6. The monoisotopic (exact) mass is 351 g/mol. The van der Waals surface area contributed by atoms with Crippen LogP contribution >= 0.6 is 0 Å². The number of nitrogens with zero attached hydrogens (tertiary/aromatic N) is 3. The van der Waals surface area contributed by atoms with Crippen LogP contribution in [0.3, 0.4) is 0 Å². The maximum Gasteiger partial charge on any atom is 0.240 e.